The van der Waals surface area contributed by atoms with Crippen LogP contribution in [0.3, 0.4) is 0 Å². The SMILES string of the molecule is N#Cc1cc(Br)cc(C#N)n1. The van der Waals surface area contributed by atoms with Crippen LogP contribution in [0.1, 0.15) is 11.4 Å². The smallest absolute Gasteiger partial charge is 0.143 e. The van der Waals surface area contributed by atoms with Crippen LogP contribution in [0, 0.1) is 22.7 Å². The summed E-state index contributed by atoms with van der Waals surface area (Å²) in [4.78, 5) is 3.72. The van der Waals surface area contributed by atoms with Gasteiger partial charge < -0.3 is 0 Å². The molecule has 1 aromatic rings. The lowest BCUT2D eigenvalue weighted by Gasteiger charge is -1.91. The van der Waals surface area contributed by atoms with Gasteiger partial charge in [0.15, 0.2) is 0 Å². The molecule has 0 aliphatic heterocycles. The zero-order valence-corrected chi connectivity index (χ0v) is 6.96. The minimum Gasteiger partial charge on any atom is -0.226 e. The van der Waals surface area contributed by atoms with Crippen molar-refractivity contribution in [3.63, 3.8) is 0 Å². The molecular weight excluding hydrogens is 206 g/mol. The molecule has 0 saturated carbocycles. The molecule has 0 N–H and O–H groups in total. The van der Waals surface area contributed by atoms with E-state index in [1.807, 2.05) is 12.1 Å². The molecule has 52 valence electrons. The van der Waals surface area contributed by atoms with Gasteiger partial charge in [-0.25, -0.2) is 4.98 Å². The molecule has 3 nitrogen and oxygen atoms in total. The fourth-order valence-corrected chi connectivity index (χ4v) is 1.05. The van der Waals surface area contributed by atoms with Gasteiger partial charge in [-0.05, 0) is 12.1 Å². The predicted molar refractivity (Wildman–Crippen MR) is 41.4 cm³/mol. The Kier molecular flexibility index (Phi) is 2.20. The number of rotatable bonds is 0. The quantitative estimate of drug-likeness (QED) is 0.650. The first-order chi connectivity index (χ1) is 5.26. The first kappa shape index (κ1) is 7.71. The van der Waals surface area contributed by atoms with Crippen molar-refractivity contribution in [2.45, 2.75) is 0 Å². The molecule has 0 radical (unpaired) electrons. The van der Waals surface area contributed by atoms with Gasteiger partial charge in [0.1, 0.15) is 23.5 Å². The van der Waals surface area contributed by atoms with Crippen LogP contribution in [0.4, 0.5) is 0 Å². The Hall–Kier alpha value is -1.39. The predicted octanol–water partition coefficient (Wildman–Crippen LogP) is 1.59. The molecule has 0 bridgehead atoms. The van der Waals surface area contributed by atoms with Crippen molar-refractivity contribution in [3.8, 4) is 12.1 Å². The van der Waals surface area contributed by atoms with Gasteiger partial charge in [-0.15, -0.1) is 0 Å². The Bertz CT molecular complexity index is 327. The molecule has 0 saturated heterocycles. The number of nitriles is 2. The van der Waals surface area contributed by atoms with Gasteiger partial charge >= 0.3 is 0 Å². The lowest BCUT2D eigenvalue weighted by Crippen LogP contribution is -1.86. The van der Waals surface area contributed by atoms with Crippen LogP contribution in [0.15, 0.2) is 16.6 Å². The summed E-state index contributed by atoms with van der Waals surface area (Å²) in [6, 6.07) is 6.81. The van der Waals surface area contributed by atoms with Gasteiger partial charge in [-0.3, -0.25) is 0 Å². The van der Waals surface area contributed by atoms with Crippen molar-refractivity contribution >= 4 is 15.9 Å². The molecule has 0 unspecified atom stereocenters. The van der Waals surface area contributed by atoms with E-state index >= 15 is 0 Å². The highest BCUT2D eigenvalue weighted by Crippen LogP contribution is 2.11. The van der Waals surface area contributed by atoms with Gasteiger partial charge in [0, 0.05) is 4.47 Å². The summed E-state index contributed by atoms with van der Waals surface area (Å²) in [6.45, 7) is 0. The third-order valence-corrected chi connectivity index (χ3v) is 1.48. The summed E-state index contributed by atoms with van der Waals surface area (Å²) >= 11 is 3.15. The van der Waals surface area contributed by atoms with E-state index < -0.39 is 0 Å². The molecule has 1 aromatic heterocycles. The average Bonchev–Trinajstić information content (AvgIpc) is 2.03. The fraction of sp³-hybridized carbons (Fsp3) is 0. The second-order valence-corrected chi connectivity index (χ2v) is 2.70. The van der Waals surface area contributed by atoms with Crippen LogP contribution < -0.4 is 0 Å². The van der Waals surface area contributed by atoms with Gasteiger partial charge in [0.25, 0.3) is 0 Å². The highest BCUT2D eigenvalue weighted by molar-refractivity contribution is 9.10. The van der Waals surface area contributed by atoms with E-state index in [2.05, 4.69) is 20.9 Å². The fourth-order valence-electron chi connectivity index (χ4n) is 0.612. The number of hydrogen-bond donors (Lipinski definition) is 0. The van der Waals surface area contributed by atoms with Gasteiger partial charge in [0.05, 0.1) is 0 Å². The van der Waals surface area contributed by atoms with Gasteiger partial charge in [0.2, 0.25) is 0 Å². The number of nitrogens with zero attached hydrogens (tertiary/aromatic N) is 3. The van der Waals surface area contributed by atoms with Crippen molar-refractivity contribution in [2.24, 2.45) is 0 Å². The third kappa shape index (κ3) is 1.76. The summed E-state index contributed by atoms with van der Waals surface area (Å²) in [5, 5.41) is 16.9. The Balaban J connectivity index is 3.28. The summed E-state index contributed by atoms with van der Waals surface area (Å²) in [5.74, 6) is 0. The topological polar surface area (TPSA) is 60.5 Å². The van der Waals surface area contributed by atoms with E-state index in [9.17, 15) is 0 Å². The molecule has 1 rings (SSSR count). The average molecular weight is 208 g/mol. The molecule has 0 aromatic carbocycles. The summed E-state index contributed by atoms with van der Waals surface area (Å²) in [6.07, 6.45) is 0. The maximum atomic E-state index is 8.44. The van der Waals surface area contributed by atoms with Crippen LogP contribution >= 0.6 is 15.9 Å². The van der Waals surface area contributed by atoms with Crippen molar-refractivity contribution < 1.29 is 0 Å². The first-order valence-corrected chi connectivity index (χ1v) is 3.53. The highest BCUT2D eigenvalue weighted by atomic mass is 79.9. The second-order valence-electron chi connectivity index (χ2n) is 1.78. The van der Waals surface area contributed by atoms with Crippen LogP contribution in [0.25, 0.3) is 0 Å². The number of pyridine rings is 1. The van der Waals surface area contributed by atoms with Crippen molar-refractivity contribution in [1.82, 2.24) is 4.98 Å². The molecule has 0 atom stereocenters. The molecule has 0 amide bonds. The Morgan fingerprint density at radius 1 is 1.18 bits per heavy atom. The molecule has 1 heterocycles. The van der Waals surface area contributed by atoms with E-state index in [-0.39, 0.29) is 11.4 Å². The van der Waals surface area contributed by atoms with Crippen molar-refractivity contribution in [1.29, 1.82) is 10.5 Å². The molecule has 0 aliphatic carbocycles. The van der Waals surface area contributed by atoms with Crippen LogP contribution in [0.5, 0.6) is 0 Å². The van der Waals surface area contributed by atoms with E-state index in [0.29, 0.717) is 4.47 Å². The van der Waals surface area contributed by atoms with Crippen LogP contribution in [-0.2, 0) is 0 Å². The maximum absolute atomic E-state index is 8.44. The van der Waals surface area contributed by atoms with E-state index in [4.69, 9.17) is 10.5 Å². The molecule has 0 spiro atoms. The molecule has 0 aliphatic rings. The summed E-state index contributed by atoms with van der Waals surface area (Å²) in [7, 11) is 0. The first-order valence-electron chi connectivity index (χ1n) is 2.74. The lowest BCUT2D eigenvalue weighted by atomic mass is 10.3. The van der Waals surface area contributed by atoms with E-state index in [0.717, 1.165) is 0 Å². The Morgan fingerprint density at radius 3 is 2.00 bits per heavy atom. The second kappa shape index (κ2) is 3.14. The van der Waals surface area contributed by atoms with E-state index in [1.54, 1.807) is 12.1 Å². The van der Waals surface area contributed by atoms with Gasteiger partial charge in [-0.1, -0.05) is 15.9 Å². The number of hydrogen-bond acceptors (Lipinski definition) is 3. The van der Waals surface area contributed by atoms with Crippen LogP contribution in [0.2, 0.25) is 0 Å². The largest absolute Gasteiger partial charge is 0.226 e. The number of halogens is 1. The zero-order valence-electron chi connectivity index (χ0n) is 5.37. The molecular formula is C7H2BrN3. The lowest BCUT2D eigenvalue weighted by molar-refractivity contribution is 1.21. The van der Waals surface area contributed by atoms with Crippen molar-refractivity contribution in [3.05, 3.63) is 28.0 Å². The minimum absolute atomic E-state index is 0.246. The Morgan fingerprint density at radius 2 is 1.64 bits per heavy atom. The minimum atomic E-state index is 0.246. The van der Waals surface area contributed by atoms with Gasteiger partial charge in [-0.2, -0.15) is 10.5 Å². The monoisotopic (exact) mass is 207 g/mol. The van der Waals surface area contributed by atoms with E-state index in [1.165, 1.54) is 0 Å². The normalized spacial score (nSPS) is 8.27. The van der Waals surface area contributed by atoms with Crippen LogP contribution in [-0.4, -0.2) is 4.98 Å². The summed E-state index contributed by atoms with van der Waals surface area (Å²) < 4.78 is 0.695. The molecule has 11 heavy (non-hydrogen) atoms. The zero-order chi connectivity index (χ0) is 8.27. The molecule has 4 heteroatoms. The summed E-state index contributed by atoms with van der Waals surface area (Å²) in [5.41, 5.74) is 0.492. The number of aromatic nitrogens is 1. The van der Waals surface area contributed by atoms with Crippen molar-refractivity contribution in [2.75, 3.05) is 0 Å². The maximum Gasteiger partial charge on any atom is 0.143 e. The highest BCUT2D eigenvalue weighted by Gasteiger charge is 1.97. The third-order valence-electron chi connectivity index (χ3n) is 1.02. The molecule has 0 fully saturated rings. The Labute approximate surface area is 72.0 Å². The standard InChI is InChI=1S/C7H2BrN3/c8-5-1-6(3-9)11-7(2-5)4-10/h1-2H.